The van der Waals surface area contributed by atoms with Gasteiger partial charge in [0.25, 0.3) is 0 Å². The van der Waals surface area contributed by atoms with Crippen LogP contribution in [0.25, 0.3) is 0 Å². The highest BCUT2D eigenvalue weighted by atomic mass is 16.8. The van der Waals surface area contributed by atoms with Gasteiger partial charge in [-0.25, -0.2) is 0 Å². The fourth-order valence-corrected chi connectivity index (χ4v) is 4.55. The largest absolute Gasteiger partial charge is 0.339 e. The molecule has 2 heteroatoms. The molecule has 2 aromatic rings. The highest BCUT2D eigenvalue weighted by molar-refractivity contribution is 5.27. The van der Waals surface area contributed by atoms with E-state index in [2.05, 4.69) is 60.7 Å². The van der Waals surface area contributed by atoms with Gasteiger partial charge in [0.05, 0.1) is 0 Å². The molecule has 5 rings (SSSR count). The summed E-state index contributed by atoms with van der Waals surface area (Å²) in [6.45, 7) is 0. The molecule has 0 unspecified atom stereocenters. The van der Waals surface area contributed by atoms with Crippen LogP contribution in [0.15, 0.2) is 60.7 Å². The third-order valence-corrected chi connectivity index (χ3v) is 5.77. The number of benzene rings is 2. The summed E-state index contributed by atoms with van der Waals surface area (Å²) in [5.41, 5.74) is 2.45. The maximum atomic E-state index is 6.67. The lowest BCUT2D eigenvalue weighted by Gasteiger charge is -2.32. The molecule has 1 saturated heterocycles. The summed E-state index contributed by atoms with van der Waals surface area (Å²) >= 11 is 0. The lowest BCUT2D eigenvalue weighted by atomic mass is 9.94. The van der Waals surface area contributed by atoms with Crippen LogP contribution in [-0.4, -0.2) is 5.79 Å². The van der Waals surface area contributed by atoms with Gasteiger partial charge in [-0.2, -0.15) is 0 Å². The van der Waals surface area contributed by atoms with E-state index in [1.54, 1.807) is 0 Å². The first-order valence-corrected chi connectivity index (χ1v) is 8.81. The summed E-state index contributed by atoms with van der Waals surface area (Å²) in [6.07, 6.45) is 4.90. The van der Waals surface area contributed by atoms with Crippen molar-refractivity contribution >= 4 is 0 Å². The maximum Gasteiger partial charge on any atom is 0.173 e. The monoisotopic (exact) mass is 306 g/mol. The van der Waals surface area contributed by atoms with Gasteiger partial charge in [0.15, 0.2) is 5.79 Å². The first-order chi connectivity index (χ1) is 11.4. The van der Waals surface area contributed by atoms with Crippen LogP contribution >= 0.6 is 0 Å². The van der Waals surface area contributed by atoms with Crippen LogP contribution in [0.1, 0.15) is 49.0 Å². The molecule has 2 aromatic carbocycles. The lowest BCUT2D eigenvalue weighted by molar-refractivity contribution is -0.206. The van der Waals surface area contributed by atoms with Crippen molar-refractivity contribution in [3.8, 4) is 0 Å². The predicted octanol–water partition coefficient (Wildman–Crippen LogP) is 5.03. The van der Waals surface area contributed by atoms with E-state index in [0.717, 1.165) is 12.3 Å². The third kappa shape index (κ3) is 2.24. The van der Waals surface area contributed by atoms with Gasteiger partial charge < -0.3 is 9.47 Å². The molecule has 2 nitrogen and oxygen atoms in total. The van der Waals surface area contributed by atoms with E-state index >= 15 is 0 Å². The van der Waals surface area contributed by atoms with Crippen molar-refractivity contribution < 1.29 is 9.47 Å². The zero-order valence-corrected chi connectivity index (χ0v) is 13.2. The van der Waals surface area contributed by atoms with Crippen molar-refractivity contribution in [3.63, 3.8) is 0 Å². The molecule has 0 amide bonds. The van der Waals surface area contributed by atoms with Gasteiger partial charge >= 0.3 is 0 Å². The Morgan fingerprint density at radius 3 is 1.91 bits per heavy atom. The quantitative estimate of drug-likeness (QED) is 0.774. The summed E-state index contributed by atoms with van der Waals surface area (Å²) in [7, 11) is 0. The van der Waals surface area contributed by atoms with Crippen molar-refractivity contribution in [2.45, 2.75) is 43.7 Å². The normalized spacial score (nSPS) is 34.3. The van der Waals surface area contributed by atoms with Crippen molar-refractivity contribution in [1.82, 2.24) is 0 Å². The predicted molar refractivity (Wildman–Crippen MR) is 88.7 cm³/mol. The molecule has 0 aromatic heterocycles. The van der Waals surface area contributed by atoms with E-state index in [-0.39, 0.29) is 18.0 Å². The number of fused-ring (bicyclic) bond motifs is 2. The van der Waals surface area contributed by atoms with Gasteiger partial charge in [0.2, 0.25) is 0 Å². The first kappa shape index (κ1) is 13.8. The zero-order chi connectivity index (χ0) is 15.3. The summed E-state index contributed by atoms with van der Waals surface area (Å²) in [4.78, 5) is 0. The Morgan fingerprint density at radius 1 is 0.783 bits per heavy atom. The van der Waals surface area contributed by atoms with Gasteiger partial charge in [-0.1, -0.05) is 60.7 Å². The molecule has 118 valence electrons. The van der Waals surface area contributed by atoms with E-state index in [4.69, 9.17) is 9.47 Å². The van der Waals surface area contributed by atoms with E-state index < -0.39 is 0 Å². The van der Waals surface area contributed by atoms with Crippen LogP contribution in [0, 0.1) is 11.8 Å². The molecule has 0 radical (unpaired) electrons. The topological polar surface area (TPSA) is 18.5 Å². The van der Waals surface area contributed by atoms with Gasteiger partial charge in [-0.15, -0.1) is 0 Å². The average molecular weight is 306 g/mol. The highest BCUT2D eigenvalue weighted by Gasteiger charge is 2.62. The highest BCUT2D eigenvalue weighted by Crippen LogP contribution is 2.63. The number of ether oxygens (including phenoxy) is 2. The Hall–Kier alpha value is -1.64. The number of hydrogen-bond donors (Lipinski definition) is 0. The van der Waals surface area contributed by atoms with Crippen LogP contribution in [-0.2, 0) is 9.47 Å². The van der Waals surface area contributed by atoms with Crippen molar-refractivity contribution in [3.05, 3.63) is 71.8 Å². The Morgan fingerprint density at radius 2 is 1.35 bits per heavy atom. The molecule has 3 fully saturated rings. The standard InChI is InChI=1S/C21H22O2/c1-3-8-15(9-4-1)19-20(16-10-5-2-6-11-16)23-21(22-19)13-7-12-17-14-18(17)21/h1-6,8-11,17-20H,7,12-14H2/t17-,18+,19-,20-/m0/s1. The molecular weight excluding hydrogens is 284 g/mol. The summed E-state index contributed by atoms with van der Waals surface area (Å²) in [6, 6.07) is 21.1. The van der Waals surface area contributed by atoms with Crippen molar-refractivity contribution in [1.29, 1.82) is 0 Å². The second-order valence-electron chi connectivity index (χ2n) is 7.20. The Balaban J connectivity index is 1.54. The van der Waals surface area contributed by atoms with E-state index in [9.17, 15) is 0 Å². The molecule has 4 atom stereocenters. The summed E-state index contributed by atoms with van der Waals surface area (Å²) < 4.78 is 13.3. The van der Waals surface area contributed by atoms with E-state index in [1.807, 2.05) is 0 Å². The summed E-state index contributed by atoms with van der Waals surface area (Å²) in [5, 5.41) is 0. The SMILES string of the molecule is c1ccc([C@@H]2OC3(CCC[C@H]4C[C@H]43)O[C@H]2c2ccccc2)cc1. The van der Waals surface area contributed by atoms with Gasteiger partial charge in [0, 0.05) is 12.3 Å². The van der Waals surface area contributed by atoms with Crippen LogP contribution in [0.3, 0.4) is 0 Å². The van der Waals surface area contributed by atoms with Crippen LogP contribution in [0.4, 0.5) is 0 Å². The van der Waals surface area contributed by atoms with Crippen LogP contribution in [0.5, 0.6) is 0 Å². The molecule has 2 saturated carbocycles. The molecule has 1 aliphatic heterocycles. The van der Waals surface area contributed by atoms with E-state index in [1.165, 1.54) is 30.4 Å². The number of hydrogen-bond acceptors (Lipinski definition) is 2. The molecule has 3 aliphatic rings. The Bertz CT molecular complexity index is 634. The Kier molecular flexibility index (Phi) is 3.10. The molecule has 2 aliphatic carbocycles. The molecular formula is C21H22O2. The van der Waals surface area contributed by atoms with Gasteiger partial charge in [0.1, 0.15) is 12.2 Å². The first-order valence-electron chi connectivity index (χ1n) is 8.81. The molecule has 0 N–H and O–H groups in total. The van der Waals surface area contributed by atoms with Crippen LogP contribution < -0.4 is 0 Å². The van der Waals surface area contributed by atoms with Gasteiger partial charge in [-0.3, -0.25) is 0 Å². The third-order valence-electron chi connectivity index (χ3n) is 5.77. The minimum atomic E-state index is -0.343. The van der Waals surface area contributed by atoms with Crippen molar-refractivity contribution in [2.24, 2.45) is 11.8 Å². The number of rotatable bonds is 2. The van der Waals surface area contributed by atoms with Gasteiger partial charge in [-0.05, 0) is 36.3 Å². The smallest absolute Gasteiger partial charge is 0.173 e. The summed E-state index contributed by atoms with van der Waals surface area (Å²) in [5.74, 6) is 1.09. The molecule has 23 heavy (non-hydrogen) atoms. The average Bonchev–Trinajstić information content (AvgIpc) is 3.32. The minimum absolute atomic E-state index is 0.00190. The zero-order valence-electron chi connectivity index (χ0n) is 13.2. The molecule has 0 bridgehead atoms. The van der Waals surface area contributed by atoms with E-state index in [0.29, 0.717) is 5.92 Å². The van der Waals surface area contributed by atoms with Crippen LogP contribution in [0.2, 0.25) is 0 Å². The molecule has 1 heterocycles. The second-order valence-corrected chi connectivity index (χ2v) is 7.20. The minimum Gasteiger partial charge on any atom is -0.339 e. The molecule has 1 spiro atoms. The maximum absolute atomic E-state index is 6.67. The second kappa shape index (κ2) is 5.19. The Labute approximate surface area is 137 Å². The fourth-order valence-electron chi connectivity index (χ4n) is 4.55. The lowest BCUT2D eigenvalue weighted by Crippen LogP contribution is -2.36. The fraction of sp³-hybridized carbons (Fsp3) is 0.429. The van der Waals surface area contributed by atoms with Crippen molar-refractivity contribution in [2.75, 3.05) is 0 Å².